The number of aromatic carboxylic acids is 1. The van der Waals surface area contributed by atoms with Gasteiger partial charge in [-0.3, -0.25) is 9.69 Å². The van der Waals surface area contributed by atoms with Crippen molar-refractivity contribution < 1.29 is 24.5 Å². The number of benzene rings is 1. The molecule has 1 aromatic heterocycles. The molecule has 0 radical (unpaired) electrons. The Hall–Kier alpha value is -3.23. The van der Waals surface area contributed by atoms with Gasteiger partial charge in [-0.15, -0.1) is 0 Å². The van der Waals surface area contributed by atoms with Crippen LogP contribution in [0.15, 0.2) is 42.6 Å². The van der Waals surface area contributed by atoms with Gasteiger partial charge in [-0.05, 0) is 50.2 Å². The van der Waals surface area contributed by atoms with Crippen molar-refractivity contribution in [2.75, 3.05) is 26.7 Å². The molecule has 182 valence electrons. The predicted octanol–water partition coefficient (Wildman–Crippen LogP) is 3.17. The Bertz CT molecular complexity index is 1050. The molecular formula is C26H33N3O5. The van der Waals surface area contributed by atoms with Gasteiger partial charge in [0.25, 0.3) is 5.91 Å². The van der Waals surface area contributed by atoms with E-state index in [0.717, 1.165) is 11.1 Å². The van der Waals surface area contributed by atoms with Gasteiger partial charge in [-0.25, -0.2) is 9.78 Å². The van der Waals surface area contributed by atoms with E-state index >= 15 is 0 Å². The van der Waals surface area contributed by atoms with Crippen molar-refractivity contribution >= 4 is 18.0 Å². The van der Waals surface area contributed by atoms with Crippen LogP contribution >= 0.6 is 0 Å². The van der Waals surface area contributed by atoms with Crippen LogP contribution in [0.3, 0.4) is 0 Å². The minimum absolute atomic E-state index is 0.0316. The van der Waals surface area contributed by atoms with Crippen molar-refractivity contribution in [3.05, 3.63) is 64.9 Å². The molecule has 8 heteroatoms. The first-order chi connectivity index (χ1) is 16.2. The quantitative estimate of drug-likeness (QED) is 0.615. The van der Waals surface area contributed by atoms with Crippen LogP contribution in [0.25, 0.3) is 6.08 Å². The van der Waals surface area contributed by atoms with Gasteiger partial charge in [-0.1, -0.05) is 31.2 Å². The molecule has 2 aromatic rings. The second-order valence-corrected chi connectivity index (χ2v) is 8.95. The van der Waals surface area contributed by atoms with Crippen molar-refractivity contribution in [1.82, 2.24) is 14.8 Å². The van der Waals surface area contributed by atoms with Crippen LogP contribution in [-0.2, 0) is 6.54 Å². The highest BCUT2D eigenvalue weighted by Crippen LogP contribution is 2.28. The zero-order chi connectivity index (χ0) is 24.8. The van der Waals surface area contributed by atoms with E-state index in [1.54, 1.807) is 35.4 Å². The van der Waals surface area contributed by atoms with Gasteiger partial charge in [0, 0.05) is 31.7 Å². The number of carbonyl (C=O) groups is 2. The molecule has 0 fully saturated rings. The van der Waals surface area contributed by atoms with Crippen LogP contribution in [0, 0.1) is 5.92 Å². The molecule has 2 heterocycles. The molecule has 3 rings (SSSR count). The number of amides is 1. The summed E-state index contributed by atoms with van der Waals surface area (Å²) < 4.78 is 6.30. The lowest BCUT2D eigenvalue weighted by Crippen LogP contribution is -2.49. The van der Waals surface area contributed by atoms with E-state index in [0.29, 0.717) is 25.2 Å². The molecule has 1 amide bonds. The Balaban J connectivity index is 1.87. The molecule has 1 aromatic carbocycles. The molecule has 0 saturated carbocycles. The molecule has 34 heavy (non-hydrogen) atoms. The van der Waals surface area contributed by atoms with Gasteiger partial charge >= 0.3 is 5.97 Å². The number of carbonyl (C=O) groups excluding carboxylic acids is 1. The largest absolute Gasteiger partial charge is 0.478 e. The SMILES string of the molecule is CC=Cc1cnc2c(c1)C(=O)N([C@H](C)CO)C[C@H](C)[C@@H](CN(C)Cc1cccc(C(=O)O)c1)O2. The summed E-state index contributed by atoms with van der Waals surface area (Å²) in [5.41, 5.74) is 2.32. The zero-order valence-electron chi connectivity index (χ0n) is 20.1. The van der Waals surface area contributed by atoms with E-state index < -0.39 is 5.97 Å². The summed E-state index contributed by atoms with van der Waals surface area (Å²) in [4.78, 5) is 32.9. The number of nitrogens with zero attached hydrogens (tertiary/aromatic N) is 3. The fraction of sp³-hybridized carbons (Fsp3) is 0.423. The summed E-state index contributed by atoms with van der Waals surface area (Å²) in [6.45, 7) is 7.13. The van der Waals surface area contributed by atoms with E-state index in [1.807, 2.05) is 46.0 Å². The molecule has 3 atom stereocenters. The third-order valence-electron chi connectivity index (χ3n) is 6.02. The van der Waals surface area contributed by atoms with Gasteiger partial charge in [-0.2, -0.15) is 0 Å². The lowest BCUT2D eigenvalue weighted by molar-refractivity contribution is 0.0325. The van der Waals surface area contributed by atoms with E-state index in [4.69, 9.17) is 4.74 Å². The second kappa shape index (κ2) is 11.3. The van der Waals surface area contributed by atoms with Crippen LogP contribution in [0.4, 0.5) is 0 Å². The van der Waals surface area contributed by atoms with Crippen LogP contribution in [0.2, 0.25) is 0 Å². The Morgan fingerprint density at radius 2 is 2.15 bits per heavy atom. The summed E-state index contributed by atoms with van der Waals surface area (Å²) in [6.07, 6.45) is 5.16. The number of hydrogen-bond donors (Lipinski definition) is 2. The number of aromatic nitrogens is 1. The summed E-state index contributed by atoms with van der Waals surface area (Å²) >= 11 is 0. The highest BCUT2D eigenvalue weighted by Gasteiger charge is 2.34. The lowest BCUT2D eigenvalue weighted by atomic mass is 9.99. The van der Waals surface area contributed by atoms with Crippen molar-refractivity contribution in [3.63, 3.8) is 0 Å². The van der Waals surface area contributed by atoms with Crippen molar-refractivity contribution in [1.29, 1.82) is 0 Å². The Morgan fingerprint density at radius 3 is 2.82 bits per heavy atom. The molecule has 2 N–H and O–H groups in total. The maximum atomic E-state index is 13.4. The third-order valence-corrected chi connectivity index (χ3v) is 6.02. The Kier molecular flexibility index (Phi) is 8.41. The van der Waals surface area contributed by atoms with E-state index in [9.17, 15) is 19.8 Å². The smallest absolute Gasteiger partial charge is 0.335 e. The number of aliphatic hydroxyl groups excluding tert-OH is 1. The maximum Gasteiger partial charge on any atom is 0.335 e. The normalized spacial score (nSPS) is 19.5. The average Bonchev–Trinajstić information content (AvgIpc) is 2.81. The van der Waals surface area contributed by atoms with E-state index in [1.165, 1.54) is 0 Å². The first-order valence-electron chi connectivity index (χ1n) is 11.5. The molecule has 1 aliphatic heterocycles. The molecule has 0 unspecified atom stereocenters. The van der Waals surface area contributed by atoms with Gasteiger partial charge < -0.3 is 19.8 Å². The monoisotopic (exact) mass is 467 g/mol. The van der Waals surface area contributed by atoms with E-state index in [2.05, 4.69) is 9.88 Å². The van der Waals surface area contributed by atoms with Gasteiger partial charge in [0.2, 0.25) is 5.88 Å². The molecule has 0 saturated heterocycles. The molecule has 0 aliphatic carbocycles. The van der Waals surface area contributed by atoms with Crippen molar-refractivity contribution in [3.8, 4) is 5.88 Å². The van der Waals surface area contributed by atoms with Crippen LogP contribution < -0.4 is 4.74 Å². The lowest BCUT2D eigenvalue weighted by Gasteiger charge is -2.37. The number of aliphatic hydroxyl groups is 1. The summed E-state index contributed by atoms with van der Waals surface area (Å²) in [5.74, 6) is -0.911. The summed E-state index contributed by atoms with van der Waals surface area (Å²) in [5, 5.41) is 19.0. The summed E-state index contributed by atoms with van der Waals surface area (Å²) in [6, 6.07) is 8.31. The van der Waals surface area contributed by atoms with Crippen molar-refractivity contribution in [2.24, 2.45) is 5.92 Å². The van der Waals surface area contributed by atoms with Gasteiger partial charge in [0.15, 0.2) is 0 Å². The second-order valence-electron chi connectivity index (χ2n) is 8.95. The molecule has 0 spiro atoms. The highest BCUT2D eigenvalue weighted by molar-refractivity contribution is 5.97. The number of ether oxygens (including phenoxy) is 1. The number of fused-ring (bicyclic) bond motifs is 1. The predicted molar refractivity (Wildman–Crippen MR) is 130 cm³/mol. The minimum atomic E-state index is -0.954. The van der Waals surface area contributed by atoms with Crippen LogP contribution in [0.1, 0.15) is 52.6 Å². The minimum Gasteiger partial charge on any atom is -0.478 e. The topological polar surface area (TPSA) is 103 Å². The molecule has 1 aliphatic rings. The maximum absolute atomic E-state index is 13.4. The zero-order valence-corrected chi connectivity index (χ0v) is 20.1. The standard InChI is InChI=1S/C26H33N3O5/c1-5-7-19-11-22-24(27-12-19)34-23(17(2)13-29(25(22)31)18(3)16-30)15-28(4)14-20-8-6-9-21(10-20)26(32)33/h5-12,17-18,23,30H,13-16H2,1-4H3,(H,32,33)/t17-,18+,23+/m0/s1. The number of carboxylic acids is 1. The van der Waals surface area contributed by atoms with Gasteiger partial charge in [0.1, 0.15) is 11.7 Å². The molecule has 8 nitrogen and oxygen atoms in total. The summed E-state index contributed by atoms with van der Waals surface area (Å²) in [7, 11) is 1.95. The molecule has 0 bridgehead atoms. The highest BCUT2D eigenvalue weighted by atomic mass is 16.5. The van der Waals surface area contributed by atoms with E-state index in [-0.39, 0.29) is 42.0 Å². The van der Waals surface area contributed by atoms with Crippen LogP contribution in [-0.4, -0.2) is 75.8 Å². The first kappa shape index (κ1) is 25.4. The number of allylic oxidation sites excluding steroid dienone is 1. The molecular weight excluding hydrogens is 434 g/mol. The number of carboxylic acid groups (broad SMARTS) is 1. The Morgan fingerprint density at radius 1 is 1.38 bits per heavy atom. The average molecular weight is 468 g/mol. The fourth-order valence-electron chi connectivity index (χ4n) is 4.11. The van der Waals surface area contributed by atoms with Gasteiger partial charge in [0.05, 0.1) is 18.2 Å². The fourth-order valence-corrected chi connectivity index (χ4v) is 4.11. The number of hydrogen-bond acceptors (Lipinski definition) is 6. The Labute approximate surface area is 200 Å². The van der Waals surface area contributed by atoms with Crippen molar-refractivity contribution in [2.45, 2.75) is 39.5 Å². The number of rotatable bonds is 8. The number of likely N-dealkylation sites (N-methyl/N-ethyl adjacent to an activating group) is 1. The number of pyridine rings is 1. The van der Waals surface area contributed by atoms with Crippen LogP contribution in [0.5, 0.6) is 5.88 Å². The third kappa shape index (κ3) is 6.01. The first-order valence-corrected chi connectivity index (χ1v) is 11.5.